The monoisotopic (exact) mass is 416 g/mol. The van der Waals surface area contributed by atoms with Crippen LogP contribution in [0.2, 0.25) is 0 Å². The number of nitrogens with zero attached hydrogens (tertiary/aromatic N) is 3. The van der Waals surface area contributed by atoms with E-state index >= 15 is 0 Å². The first kappa shape index (κ1) is 20.5. The standard InChI is InChI=1S/C19H20N4O5S/c1-13-4-8-15(9-5-13)27-12-17(24)20-19-22-21-18(28-19)14-6-10-16(11-7-14)29(25,26)23(2)3/h4-11H,12H2,1-3H3,(H,20,22,24). The quantitative estimate of drug-likeness (QED) is 0.628. The number of rotatable bonds is 7. The molecule has 0 bridgehead atoms. The highest BCUT2D eigenvalue weighted by atomic mass is 32.2. The van der Waals surface area contributed by atoms with Crippen LogP contribution in [0.15, 0.2) is 57.8 Å². The predicted octanol–water partition coefficient (Wildman–Crippen LogP) is 2.31. The normalized spacial score (nSPS) is 11.4. The van der Waals surface area contributed by atoms with E-state index in [4.69, 9.17) is 9.15 Å². The van der Waals surface area contributed by atoms with Gasteiger partial charge in [-0.1, -0.05) is 22.8 Å². The van der Waals surface area contributed by atoms with E-state index in [1.54, 1.807) is 24.3 Å². The first-order valence-corrected chi connectivity index (χ1v) is 10.1. The van der Waals surface area contributed by atoms with Crippen molar-refractivity contribution in [2.75, 3.05) is 26.0 Å². The Morgan fingerprint density at radius 3 is 2.34 bits per heavy atom. The number of ether oxygens (including phenoxy) is 1. The molecule has 152 valence electrons. The van der Waals surface area contributed by atoms with Crippen molar-refractivity contribution in [3.63, 3.8) is 0 Å². The Morgan fingerprint density at radius 1 is 1.07 bits per heavy atom. The third kappa shape index (κ3) is 4.98. The smallest absolute Gasteiger partial charge is 0.322 e. The van der Waals surface area contributed by atoms with E-state index in [9.17, 15) is 13.2 Å². The number of carbonyl (C=O) groups excluding carboxylic acids is 1. The molecule has 3 aromatic rings. The summed E-state index contributed by atoms with van der Waals surface area (Å²) in [5, 5.41) is 10.1. The molecule has 29 heavy (non-hydrogen) atoms. The summed E-state index contributed by atoms with van der Waals surface area (Å²) in [7, 11) is -0.608. The molecule has 0 atom stereocenters. The van der Waals surface area contributed by atoms with Crippen LogP contribution in [-0.4, -0.2) is 49.5 Å². The summed E-state index contributed by atoms with van der Waals surface area (Å²) in [5.74, 6) is 0.270. The van der Waals surface area contributed by atoms with Crippen LogP contribution in [0.25, 0.3) is 11.5 Å². The molecule has 0 aliphatic rings. The largest absolute Gasteiger partial charge is 0.484 e. The van der Waals surface area contributed by atoms with Crippen molar-refractivity contribution >= 4 is 21.9 Å². The molecule has 1 N–H and O–H groups in total. The van der Waals surface area contributed by atoms with Crippen molar-refractivity contribution in [2.45, 2.75) is 11.8 Å². The molecular weight excluding hydrogens is 396 g/mol. The van der Waals surface area contributed by atoms with Gasteiger partial charge in [-0.05, 0) is 43.3 Å². The average Bonchev–Trinajstić information content (AvgIpc) is 3.16. The molecule has 0 fully saturated rings. The molecule has 9 nitrogen and oxygen atoms in total. The van der Waals surface area contributed by atoms with Gasteiger partial charge in [-0.2, -0.15) is 0 Å². The molecule has 3 rings (SSSR count). The van der Waals surface area contributed by atoms with Gasteiger partial charge in [-0.3, -0.25) is 10.1 Å². The average molecular weight is 416 g/mol. The van der Waals surface area contributed by atoms with E-state index < -0.39 is 15.9 Å². The van der Waals surface area contributed by atoms with Crippen molar-refractivity contribution in [3.8, 4) is 17.2 Å². The van der Waals surface area contributed by atoms with Gasteiger partial charge in [0.2, 0.25) is 15.9 Å². The molecule has 1 amide bonds. The summed E-state index contributed by atoms with van der Waals surface area (Å²) in [6.45, 7) is 1.75. The highest BCUT2D eigenvalue weighted by Gasteiger charge is 2.18. The number of hydrogen-bond acceptors (Lipinski definition) is 7. The summed E-state index contributed by atoms with van der Waals surface area (Å²) in [4.78, 5) is 12.1. The molecule has 0 spiro atoms. The zero-order valence-corrected chi connectivity index (χ0v) is 16.9. The Balaban J connectivity index is 1.61. The van der Waals surface area contributed by atoms with Crippen molar-refractivity contribution in [3.05, 3.63) is 54.1 Å². The fourth-order valence-electron chi connectivity index (χ4n) is 2.31. The second kappa shape index (κ2) is 8.41. The molecule has 0 unspecified atom stereocenters. The van der Waals surface area contributed by atoms with Crippen LogP contribution in [0, 0.1) is 6.92 Å². The lowest BCUT2D eigenvalue weighted by Crippen LogP contribution is -2.22. The predicted molar refractivity (Wildman–Crippen MR) is 106 cm³/mol. The number of aryl methyl sites for hydroxylation is 1. The third-order valence-electron chi connectivity index (χ3n) is 3.94. The van der Waals surface area contributed by atoms with Crippen molar-refractivity contribution < 1.29 is 22.4 Å². The van der Waals surface area contributed by atoms with Gasteiger partial charge < -0.3 is 9.15 Å². The first-order valence-electron chi connectivity index (χ1n) is 8.61. The zero-order chi connectivity index (χ0) is 21.0. The second-order valence-electron chi connectivity index (χ2n) is 6.37. The van der Waals surface area contributed by atoms with Gasteiger partial charge in [0, 0.05) is 19.7 Å². The van der Waals surface area contributed by atoms with Gasteiger partial charge in [-0.25, -0.2) is 12.7 Å². The maximum absolute atomic E-state index is 12.1. The van der Waals surface area contributed by atoms with Crippen LogP contribution in [0.3, 0.4) is 0 Å². The van der Waals surface area contributed by atoms with E-state index in [0.717, 1.165) is 9.87 Å². The Bertz CT molecular complexity index is 1090. The van der Waals surface area contributed by atoms with E-state index in [1.165, 1.54) is 26.2 Å². The van der Waals surface area contributed by atoms with Crippen LogP contribution < -0.4 is 10.1 Å². The SMILES string of the molecule is Cc1ccc(OCC(=O)Nc2nnc(-c3ccc(S(=O)(=O)N(C)C)cc3)o2)cc1. The van der Waals surface area contributed by atoms with Gasteiger partial charge in [0.1, 0.15) is 5.75 Å². The number of aromatic nitrogens is 2. The maximum Gasteiger partial charge on any atom is 0.322 e. The Morgan fingerprint density at radius 2 is 1.72 bits per heavy atom. The van der Waals surface area contributed by atoms with Crippen LogP contribution in [0.1, 0.15) is 5.56 Å². The summed E-state index contributed by atoms with van der Waals surface area (Å²) < 4.78 is 36.1. The zero-order valence-electron chi connectivity index (χ0n) is 16.1. The van der Waals surface area contributed by atoms with E-state index in [1.807, 2.05) is 19.1 Å². The number of hydrogen-bond donors (Lipinski definition) is 1. The first-order chi connectivity index (χ1) is 13.8. The fraction of sp³-hybridized carbons (Fsp3) is 0.211. The minimum absolute atomic E-state index is 0.0810. The summed E-state index contributed by atoms with van der Waals surface area (Å²) >= 11 is 0. The number of amides is 1. The van der Waals surface area contributed by atoms with Gasteiger partial charge >= 0.3 is 6.01 Å². The van der Waals surface area contributed by atoms with Crippen LogP contribution in [-0.2, 0) is 14.8 Å². The maximum atomic E-state index is 12.1. The summed E-state index contributed by atoms with van der Waals surface area (Å²) in [6, 6.07) is 13.2. The molecular formula is C19H20N4O5S. The van der Waals surface area contributed by atoms with Crippen molar-refractivity contribution in [1.29, 1.82) is 0 Å². The summed E-state index contributed by atoms with van der Waals surface area (Å²) in [5.41, 5.74) is 1.61. The lowest BCUT2D eigenvalue weighted by atomic mass is 10.2. The lowest BCUT2D eigenvalue weighted by Gasteiger charge is -2.11. The topological polar surface area (TPSA) is 115 Å². The van der Waals surface area contributed by atoms with Gasteiger partial charge in [-0.15, -0.1) is 5.10 Å². The number of anilines is 1. The molecule has 0 radical (unpaired) electrons. The highest BCUT2D eigenvalue weighted by Crippen LogP contribution is 2.22. The third-order valence-corrected chi connectivity index (χ3v) is 5.77. The molecule has 0 saturated carbocycles. The minimum Gasteiger partial charge on any atom is -0.484 e. The molecule has 1 heterocycles. The minimum atomic E-state index is -3.52. The molecule has 10 heteroatoms. The highest BCUT2D eigenvalue weighted by molar-refractivity contribution is 7.89. The molecule has 0 aliphatic heterocycles. The molecule has 2 aromatic carbocycles. The number of carbonyl (C=O) groups is 1. The Hall–Kier alpha value is -3.24. The van der Waals surface area contributed by atoms with Crippen LogP contribution in [0.4, 0.5) is 6.01 Å². The van der Waals surface area contributed by atoms with Crippen LogP contribution >= 0.6 is 0 Å². The van der Waals surface area contributed by atoms with Gasteiger partial charge in [0.05, 0.1) is 4.90 Å². The Kier molecular flexibility index (Phi) is 5.95. The fourth-order valence-corrected chi connectivity index (χ4v) is 3.21. The number of nitrogens with one attached hydrogen (secondary N) is 1. The van der Waals surface area contributed by atoms with E-state index in [2.05, 4.69) is 15.5 Å². The number of sulfonamides is 1. The summed E-state index contributed by atoms with van der Waals surface area (Å²) in [6.07, 6.45) is 0. The van der Waals surface area contributed by atoms with E-state index in [0.29, 0.717) is 11.3 Å². The molecule has 1 aromatic heterocycles. The molecule has 0 saturated heterocycles. The lowest BCUT2D eigenvalue weighted by molar-refractivity contribution is -0.118. The van der Waals surface area contributed by atoms with Crippen LogP contribution in [0.5, 0.6) is 5.75 Å². The van der Waals surface area contributed by atoms with Crippen molar-refractivity contribution in [1.82, 2.24) is 14.5 Å². The number of benzene rings is 2. The van der Waals surface area contributed by atoms with Gasteiger partial charge in [0.15, 0.2) is 6.61 Å². The van der Waals surface area contributed by atoms with Crippen molar-refractivity contribution in [2.24, 2.45) is 0 Å². The Labute approximate surface area is 168 Å². The second-order valence-corrected chi connectivity index (χ2v) is 8.53. The van der Waals surface area contributed by atoms with E-state index in [-0.39, 0.29) is 23.4 Å². The van der Waals surface area contributed by atoms with Gasteiger partial charge in [0.25, 0.3) is 5.91 Å². The molecule has 0 aliphatic carbocycles.